The van der Waals surface area contributed by atoms with Gasteiger partial charge in [-0.2, -0.15) is 10.1 Å². The van der Waals surface area contributed by atoms with Crippen LogP contribution >= 0.6 is 0 Å². The van der Waals surface area contributed by atoms with Crippen molar-refractivity contribution in [2.75, 3.05) is 5.43 Å². The zero-order valence-electron chi connectivity index (χ0n) is 12.3. The van der Waals surface area contributed by atoms with Crippen LogP contribution in [0, 0.1) is 6.92 Å². The van der Waals surface area contributed by atoms with Gasteiger partial charge in [0.2, 0.25) is 5.95 Å². The van der Waals surface area contributed by atoms with Gasteiger partial charge in [0, 0.05) is 0 Å². The molecule has 1 unspecified atom stereocenters. The smallest absolute Gasteiger partial charge is 0.287 e. The fourth-order valence-electron chi connectivity index (χ4n) is 2.68. The van der Waals surface area contributed by atoms with E-state index in [1.165, 1.54) is 0 Å². The Bertz CT molecular complexity index is 697. The fourth-order valence-corrected chi connectivity index (χ4v) is 2.68. The standard InChI is InChI=1S/C15H19N5O/c1-3-4-10-15(12-8-6-5-7-9-12)19-17-14-16-13(21)11(2)18-20(14)15/h5-9,19H,3-4,10H2,1-2H3,(H,16,17,21). The molecule has 0 saturated heterocycles. The summed E-state index contributed by atoms with van der Waals surface area (Å²) in [5, 5.41) is 4.45. The van der Waals surface area contributed by atoms with Gasteiger partial charge >= 0.3 is 0 Å². The monoisotopic (exact) mass is 285 g/mol. The number of unbranched alkanes of at least 4 members (excludes halogenated alkanes) is 1. The van der Waals surface area contributed by atoms with Crippen LogP contribution in [0.5, 0.6) is 0 Å². The Hall–Kier alpha value is -2.21. The van der Waals surface area contributed by atoms with Crippen LogP contribution in [0.4, 0.5) is 5.95 Å². The van der Waals surface area contributed by atoms with Crippen LogP contribution in [0.1, 0.15) is 37.4 Å². The minimum absolute atomic E-state index is 0.296. The summed E-state index contributed by atoms with van der Waals surface area (Å²) in [7, 11) is 0. The lowest BCUT2D eigenvalue weighted by atomic mass is 9.94. The van der Waals surface area contributed by atoms with Gasteiger partial charge in [-0.25, -0.2) is 10.1 Å². The highest BCUT2D eigenvalue weighted by molar-refractivity contribution is 5.37. The molecule has 0 aliphatic carbocycles. The average molecular weight is 285 g/mol. The molecule has 6 heteroatoms. The molecule has 1 aliphatic heterocycles. The number of anilines is 1. The van der Waals surface area contributed by atoms with Crippen molar-refractivity contribution in [3.05, 3.63) is 51.9 Å². The molecule has 1 aromatic carbocycles. The van der Waals surface area contributed by atoms with Gasteiger partial charge in [0.1, 0.15) is 5.69 Å². The predicted molar refractivity (Wildman–Crippen MR) is 80.8 cm³/mol. The summed E-state index contributed by atoms with van der Waals surface area (Å²) in [6.45, 7) is 3.85. The zero-order valence-corrected chi connectivity index (χ0v) is 12.3. The van der Waals surface area contributed by atoms with Gasteiger partial charge in [-0.15, -0.1) is 0 Å². The Morgan fingerprint density at radius 3 is 2.76 bits per heavy atom. The van der Waals surface area contributed by atoms with E-state index in [1.807, 2.05) is 18.2 Å². The number of nitrogens with one attached hydrogen (secondary N) is 2. The van der Waals surface area contributed by atoms with Gasteiger partial charge in [0.15, 0.2) is 5.66 Å². The van der Waals surface area contributed by atoms with Crippen molar-refractivity contribution >= 4 is 5.95 Å². The van der Waals surface area contributed by atoms with Gasteiger partial charge < -0.3 is 0 Å². The van der Waals surface area contributed by atoms with Crippen molar-refractivity contribution in [1.29, 1.82) is 0 Å². The number of hydrazine groups is 1. The van der Waals surface area contributed by atoms with Crippen molar-refractivity contribution in [3.63, 3.8) is 0 Å². The number of hydrogen-bond donors (Lipinski definition) is 2. The maximum atomic E-state index is 11.7. The number of rotatable bonds is 4. The van der Waals surface area contributed by atoms with Gasteiger partial charge in [-0.05, 0) is 25.3 Å². The Morgan fingerprint density at radius 1 is 1.29 bits per heavy atom. The highest BCUT2D eigenvalue weighted by atomic mass is 16.1. The molecule has 0 fully saturated rings. The molecule has 2 heterocycles. The number of nitrogens with zero attached hydrogens (tertiary/aromatic N) is 3. The van der Waals surface area contributed by atoms with Crippen LogP contribution in [-0.4, -0.2) is 14.8 Å². The number of hydrogen-bond acceptors (Lipinski definition) is 5. The predicted octanol–water partition coefficient (Wildman–Crippen LogP) is 1.77. The van der Waals surface area contributed by atoms with Crippen molar-refractivity contribution in [2.45, 2.75) is 38.8 Å². The van der Waals surface area contributed by atoms with E-state index in [-0.39, 0.29) is 5.56 Å². The van der Waals surface area contributed by atoms with Crippen LogP contribution in [0.2, 0.25) is 0 Å². The van der Waals surface area contributed by atoms with E-state index in [2.05, 4.69) is 40.0 Å². The Morgan fingerprint density at radius 2 is 2.05 bits per heavy atom. The fraction of sp³-hybridized carbons (Fsp3) is 0.400. The maximum Gasteiger partial charge on any atom is 0.296 e. The third kappa shape index (κ3) is 2.21. The second kappa shape index (κ2) is 5.29. The molecule has 3 rings (SSSR count). The van der Waals surface area contributed by atoms with Crippen molar-refractivity contribution in [2.24, 2.45) is 0 Å². The number of benzene rings is 1. The van der Waals surface area contributed by atoms with Crippen molar-refractivity contribution in [3.8, 4) is 0 Å². The molecule has 1 aromatic heterocycles. The minimum atomic E-state index is -0.502. The van der Waals surface area contributed by atoms with Gasteiger partial charge in [0.25, 0.3) is 5.56 Å². The molecule has 0 bridgehead atoms. The summed E-state index contributed by atoms with van der Waals surface area (Å²) in [6.07, 6.45) is 2.98. The van der Waals surface area contributed by atoms with Crippen LogP contribution in [0.3, 0.4) is 0 Å². The summed E-state index contributed by atoms with van der Waals surface area (Å²) in [5.74, 6) is 0.463. The average Bonchev–Trinajstić information content (AvgIpc) is 2.86. The summed E-state index contributed by atoms with van der Waals surface area (Å²) >= 11 is 0. The van der Waals surface area contributed by atoms with E-state index >= 15 is 0 Å². The summed E-state index contributed by atoms with van der Waals surface area (Å²) in [4.78, 5) is 15.7. The van der Waals surface area contributed by atoms with Gasteiger partial charge in [-0.1, -0.05) is 43.7 Å². The maximum absolute atomic E-state index is 11.7. The highest BCUT2D eigenvalue weighted by Gasteiger charge is 2.41. The lowest BCUT2D eigenvalue weighted by Crippen LogP contribution is -2.45. The van der Waals surface area contributed by atoms with E-state index in [9.17, 15) is 4.79 Å². The summed E-state index contributed by atoms with van der Waals surface area (Å²) < 4.78 is 1.80. The minimum Gasteiger partial charge on any atom is -0.287 e. The quantitative estimate of drug-likeness (QED) is 0.895. The first kappa shape index (κ1) is 13.8. The molecule has 0 spiro atoms. The molecule has 0 amide bonds. The van der Waals surface area contributed by atoms with Crippen LogP contribution < -0.4 is 16.4 Å². The summed E-state index contributed by atoms with van der Waals surface area (Å²) in [5.41, 5.74) is 7.00. The normalized spacial score (nSPS) is 20.1. The zero-order chi connectivity index (χ0) is 14.9. The van der Waals surface area contributed by atoms with E-state index in [0.29, 0.717) is 11.6 Å². The van der Waals surface area contributed by atoms with Crippen LogP contribution in [-0.2, 0) is 5.66 Å². The highest BCUT2D eigenvalue weighted by Crippen LogP contribution is 2.33. The Kier molecular flexibility index (Phi) is 3.47. The second-order valence-corrected chi connectivity index (χ2v) is 5.32. The molecule has 1 aliphatic rings. The molecule has 6 nitrogen and oxygen atoms in total. The molecule has 2 aromatic rings. The van der Waals surface area contributed by atoms with E-state index in [4.69, 9.17) is 0 Å². The lowest BCUT2D eigenvalue weighted by Gasteiger charge is -2.30. The number of aromatic nitrogens is 3. The first-order valence-electron chi connectivity index (χ1n) is 7.24. The molecular formula is C15H19N5O. The molecule has 0 saturated carbocycles. The van der Waals surface area contributed by atoms with Crippen LogP contribution in [0.25, 0.3) is 0 Å². The molecule has 2 N–H and O–H groups in total. The van der Waals surface area contributed by atoms with E-state index < -0.39 is 5.66 Å². The van der Waals surface area contributed by atoms with Gasteiger partial charge in [0.05, 0.1) is 0 Å². The molecule has 21 heavy (non-hydrogen) atoms. The third-order valence-corrected chi connectivity index (χ3v) is 3.85. The number of fused-ring (bicyclic) bond motifs is 1. The molecular weight excluding hydrogens is 266 g/mol. The molecule has 110 valence electrons. The van der Waals surface area contributed by atoms with Crippen molar-refractivity contribution in [1.82, 2.24) is 20.2 Å². The SMILES string of the molecule is CCCCC1(c2ccccc2)NNc2nc(=O)c(C)nn21. The van der Waals surface area contributed by atoms with Crippen molar-refractivity contribution < 1.29 is 0 Å². The van der Waals surface area contributed by atoms with Crippen LogP contribution in [0.15, 0.2) is 35.1 Å². The van der Waals surface area contributed by atoms with Gasteiger partial charge in [-0.3, -0.25) is 10.2 Å². The van der Waals surface area contributed by atoms with E-state index in [0.717, 1.165) is 24.8 Å². The first-order chi connectivity index (χ1) is 10.2. The molecule has 1 atom stereocenters. The van der Waals surface area contributed by atoms with E-state index in [1.54, 1.807) is 11.6 Å². The second-order valence-electron chi connectivity index (χ2n) is 5.32. The first-order valence-corrected chi connectivity index (χ1v) is 7.24. The Labute approximate surface area is 123 Å². The number of aryl methyl sites for hydroxylation is 1. The topological polar surface area (TPSA) is 71.8 Å². The Balaban J connectivity index is 2.16. The largest absolute Gasteiger partial charge is 0.296 e. The third-order valence-electron chi connectivity index (χ3n) is 3.85. The summed E-state index contributed by atoms with van der Waals surface area (Å²) in [6, 6.07) is 10.1. The lowest BCUT2D eigenvalue weighted by molar-refractivity contribution is 0.268. The molecule has 0 radical (unpaired) electrons.